The van der Waals surface area contributed by atoms with Gasteiger partial charge in [0, 0.05) is 22.5 Å². The van der Waals surface area contributed by atoms with Crippen molar-refractivity contribution in [3.63, 3.8) is 0 Å². The summed E-state index contributed by atoms with van der Waals surface area (Å²) in [5.74, 6) is -0.235. The van der Waals surface area contributed by atoms with Crippen LogP contribution in [0.25, 0.3) is 0 Å². The molecule has 9 heteroatoms. The SMILES string of the molecule is O=S1C2C=C(OS(=O)(=O)C(F)(F)F)CC1CCC2. The Kier molecular flexibility index (Phi) is 3.48. The summed E-state index contributed by atoms with van der Waals surface area (Å²) in [4.78, 5) is 0. The minimum absolute atomic E-state index is 0.0155. The zero-order valence-corrected chi connectivity index (χ0v) is 10.8. The van der Waals surface area contributed by atoms with Gasteiger partial charge in [0.15, 0.2) is 0 Å². The molecule has 1 fully saturated rings. The highest BCUT2D eigenvalue weighted by molar-refractivity contribution is 7.87. The molecule has 0 aromatic heterocycles. The summed E-state index contributed by atoms with van der Waals surface area (Å²) in [6.07, 6.45) is 3.29. The summed E-state index contributed by atoms with van der Waals surface area (Å²) in [5, 5.41) is -0.692. The first-order valence-electron chi connectivity index (χ1n) is 5.31. The predicted octanol–water partition coefficient (Wildman–Crippen LogP) is 1.81. The Hall–Kier alpha value is -0.570. The molecule has 2 aliphatic heterocycles. The van der Waals surface area contributed by atoms with Crippen molar-refractivity contribution in [2.45, 2.75) is 41.7 Å². The summed E-state index contributed by atoms with van der Waals surface area (Å²) in [6.45, 7) is 0. The van der Waals surface area contributed by atoms with Gasteiger partial charge in [-0.15, -0.1) is 0 Å². The van der Waals surface area contributed by atoms with Crippen LogP contribution in [0.1, 0.15) is 25.7 Å². The third-order valence-corrected chi connectivity index (χ3v) is 5.97. The molecule has 2 bridgehead atoms. The maximum absolute atomic E-state index is 12.2. The van der Waals surface area contributed by atoms with Crippen LogP contribution in [0, 0.1) is 0 Å². The van der Waals surface area contributed by atoms with Crippen LogP contribution in [0.15, 0.2) is 11.8 Å². The van der Waals surface area contributed by atoms with E-state index >= 15 is 0 Å². The molecule has 2 heterocycles. The van der Waals surface area contributed by atoms with Gasteiger partial charge in [-0.05, 0) is 18.9 Å². The van der Waals surface area contributed by atoms with Gasteiger partial charge in [0.1, 0.15) is 5.76 Å². The van der Waals surface area contributed by atoms with E-state index in [4.69, 9.17) is 0 Å². The van der Waals surface area contributed by atoms with Crippen molar-refractivity contribution in [3.05, 3.63) is 11.8 Å². The van der Waals surface area contributed by atoms with Crippen LogP contribution < -0.4 is 0 Å². The fourth-order valence-electron chi connectivity index (χ4n) is 2.11. The Morgan fingerprint density at radius 1 is 1.33 bits per heavy atom. The van der Waals surface area contributed by atoms with E-state index in [1.54, 1.807) is 0 Å². The molecule has 0 aliphatic carbocycles. The Morgan fingerprint density at radius 3 is 2.56 bits per heavy atom. The lowest BCUT2D eigenvalue weighted by atomic mass is 10.0. The number of hydrogen-bond acceptors (Lipinski definition) is 4. The molecule has 0 amide bonds. The molecule has 0 spiro atoms. The highest BCUT2D eigenvalue weighted by Crippen LogP contribution is 2.36. The van der Waals surface area contributed by atoms with E-state index in [0.717, 1.165) is 6.42 Å². The summed E-state index contributed by atoms with van der Waals surface area (Å²) in [7, 11) is -6.75. The molecule has 0 N–H and O–H groups in total. The molecule has 0 aromatic rings. The molecule has 0 aromatic carbocycles. The lowest BCUT2D eigenvalue weighted by Crippen LogP contribution is -2.36. The number of fused-ring (bicyclic) bond motifs is 2. The molecule has 2 aliphatic rings. The minimum atomic E-state index is -5.61. The van der Waals surface area contributed by atoms with Crippen LogP contribution in [-0.4, -0.2) is 28.6 Å². The van der Waals surface area contributed by atoms with Crippen molar-refractivity contribution < 1.29 is 30.0 Å². The fourth-order valence-corrected chi connectivity index (χ4v) is 4.52. The molecule has 3 unspecified atom stereocenters. The Balaban J connectivity index is 2.19. The van der Waals surface area contributed by atoms with Gasteiger partial charge in [-0.3, -0.25) is 4.21 Å². The van der Waals surface area contributed by atoms with Gasteiger partial charge >= 0.3 is 15.6 Å². The van der Waals surface area contributed by atoms with Crippen LogP contribution in [0.2, 0.25) is 0 Å². The predicted molar refractivity (Wildman–Crippen MR) is 58.3 cm³/mol. The molecule has 0 radical (unpaired) electrons. The van der Waals surface area contributed by atoms with Crippen molar-refractivity contribution >= 4 is 20.9 Å². The quantitative estimate of drug-likeness (QED) is 0.576. The first-order chi connectivity index (χ1) is 8.21. The molecule has 4 nitrogen and oxygen atoms in total. The Labute approximate surface area is 105 Å². The van der Waals surface area contributed by atoms with Crippen LogP contribution in [0.4, 0.5) is 13.2 Å². The van der Waals surface area contributed by atoms with E-state index in [-0.39, 0.29) is 17.4 Å². The van der Waals surface area contributed by atoms with Crippen LogP contribution in [0.5, 0.6) is 0 Å². The molecule has 0 saturated carbocycles. The van der Waals surface area contributed by atoms with Crippen molar-refractivity contribution in [1.82, 2.24) is 0 Å². The van der Waals surface area contributed by atoms with E-state index in [1.807, 2.05) is 0 Å². The second-order valence-corrected chi connectivity index (χ2v) is 7.71. The summed E-state index contributed by atoms with van der Waals surface area (Å²) < 4.78 is 74.0. The normalized spacial score (nSPS) is 32.8. The molecular formula is C9H11F3O4S2. The van der Waals surface area contributed by atoms with Crippen molar-refractivity contribution in [2.24, 2.45) is 0 Å². The maximum Gasteiger partial charge on any atom is 0.534 e. The number of alkyl halides is 3. The van der Waals surface area contributed by atoms with Crippen molar-refractivity contribution in [2.75, 3.05) is 0 Å². The number of hydrogen-bond donors (Lipinski definition) is 0. The molecule has 3 atom stereocenters. The van der Waals surface area contributed by atoms with E-state index in [1.165, 1.54) is 6.08 Å². The number of rotatable bonds is 2. The zero-order valence-electron chi connectivity index (χ0n) is 9.14. The summed E-state index contributed by atoms with van der Waals surface area (Å²) in [5.41, 5.74) is -5.43. The van der Waals surface area contributed by atoms with Gasteiger partial charge in [-0.25, -0.2) is 0 Å². The summed E-state index contributed by atoms with van der Waals surface area (Å²) in [6, 6.07) is 0. The van der Waals surface area contributed by atoms with Crippen LogP contribution >= 0.6 is 0 Å². The average molecular weight is 304 g/mol. The molecule has 18 heavy (non-hydrogen) atoms. The third kappa shape index (κ3) is 2.56. The Morgan fingerprint density at radius 2 is 2.00 bits per heavy atom. The monoisotopic (exact) mass is 304 g/mol. The van der Waals surface area contributed by atoms with Gasteiger partial charge in [0.25, 0.3) is 0 Å². The first-order valence-corrected chi connectivity index (χ1v) is 8.00. The van der Waals surface area contributed by atoms with Gasteiger partial charge in [0.05, 0.1) is 5.25 Å². The van der Waals surface area contributed by atoms with E-state index in [2.05, 4.69) is 4.18 Å². The molecule has 2 rings (SSSR count). The summed E-state index contributed by atoms with van der Waals surface area (Å²) >= 11 is 0. The van der Waals surface area contributed by atoms with Gasteiger partial charge in [-0.1, -0.05) is 6.42 Å². The topological polar surface area (TPSA) is 60.4 Å². The standard InChI is InChI=1S/C9H11F3O4S2/c10-9(11,12)18(14,15)16-6-4-7-2-1-3-8(5-6)17(7)13/h4,7-8H,1-3,5H2. The molecule has 1 saturated heterocycles. The van der Waals surface area contributed by atoms with Crippen molar-refractivity contribution in [3.8, 4) is 0 Å². The van der Waals surface area contributed by atoms with Gasteiger partial charge in [-0.2, -0.15) is 21.6 Å². The van der Waals surface area contributed by atoms with Crippen LogP contribution in [-0.2, 0) is 25.1 Å². The highest BCUT2D eigenvalue weighted by Gasteiger charge is 2.49. The van der Waals surface area contributed by atoms with Crippen LogP contribution in [0.3, 0.4) is 0 Å². The first kappa shape index (κ1) is 13.9. The second-order valence-electron chi connectivity index (χ2n) is 4.24. The van der Waals surface area contributed by atoms with Gasteiger partial charge < -0.3 is 4.18 Å². The van der Waals surface area contributed by atoms with E-state index in [9.17, 15) is 25.8 Å². The fraction of sp³-hybridized carbons (Fsp3) is 0.778. The second kappa shape index (κ2) is 4.52. The minimum Gasteiger partial charge on any atom is -0.381 e. The van der Waals surface area contributed by atoms with Gasteiger partial charge in [0.2, 0.25) is 0 Å². The average Bonchev–Trinajstić information content (AvgIpc) is 2.17. The smallest absolute Gasteiger partial charge is 0.381 e. The third-order valence-electron chi connectivity index (χ3n) is 2.94. The number of halogens is 3. The maximum atomic E-state index is 12.2. The Bertz CT molecular complexity index is 494. The lowest BCUT2D eigenvalue weighted by molar-refractivity contribution is -0.0523. The zero-order chi connectivity index (χ0) is 13.6. The van der Waals surface area contributed by atoms with E-state index in [0.29, 0.717) is 12.8 Å². The molecule has 104 valence electrons. The number of allylic oxidation sites excluding steroid dienone is 1. The van der Waals surface area contributed by atoms with Crippen molar-refractivity contribution in [1.29, 1.82) is 0 Å². The lowest BCUT2D eigenvalue weighted by Gasteiger charge is -2.32. The highest BCUT2D eigenvalue weighted by atomic mass is 32.2. The van der Waals surface area contributed by atoms with E-state index < -0.39 is 31.7 Å². The molecular weight excluding hydrogens is 293 g/mol. The largest absolute Gasteiger partial charge is 0.534 e.